The van der Waals surface area contributed by atoms with Crippen LogP contribution in [-0.4, -0.2) is 42.0 Å². The topological polar surface area (TPSA) is 84.7 Å². The normalized spacial score (nSPS) is 18.6. The van der Waals surface area contributed by atoms with Crippen molar-refractivity contribution >= 4 is 17.3 Å². The second-order valence-electron chi connectivity index (χ2n) is 9.53. The van der Waals surface area contributed by atoms with Crippen LogP contribution in [0, 0.1) is 10.1 Å². The van der Waals surface area contributed by atoms with E-state index < -0.39 is 10.3 Å². The zero-order valence-corrected chi connectivity index (χ0v) is 19.8. The number of rotatable bonds is 8. The third kappa shape index (κ3) is 5.95. The summed E-state index contributed by atoms with van der Waals surface area (Å²) in [6.45, 7) is 3.92. The lowest BCUT2D eigenvalue weighted by atomic mass is 9.68. The van der Waals surface area contributed by atoms with Crippen molar-refractivity contribution < 1.29 is 14.5 Å². The van der Waals surface area contributed by atoms with Crippen molar-refractivity contribution in [3.8, 4) is 5.75 Å². The Labute approximate surface area is 201 Å². The van der Waals surface area contributed by atoms with Crippen molar-refractivity contribution in [2.75, 3.05) is 31.6 Å². The number of hydrogen-bond acceptors (Lipinski definition) is 5. The van der Waals surface area contributed by atoms with Crippen LogP contribution in [0.2, 0.25) is 0 Å². The number of carbonyl (C=O) groups is 1. The van der Waals surface area contributed by atoms with E-state index in [1.165, 1.54) is 37.8 Å². The first-order valence-corrected chi connectivity index (χ1v) is 12.6. The maximum atomic E-state index is 13.5. The molecular weight excluding hydrogens is 430 g/mol. The van der Waals surface area contributed by atoms with Crippen LogP contribution in [0.3, 0.4) is 0 Å². The summed E-state index contributed by atoms with van der Waals surface area (Å²) >= 11 is 0. The SMILES string of the molecule is O=C(Nc1ccc(OCCN2CCCCCC2)cc1)C1(c2ccc([N+](=O)[O-])cc2)CCCCC1. The Morgan fingerprint density at radius 3 is 2.15 bits per heavy atom. The third-order valence-corrected chi connectivity index (χ3v) is 7.26. The average molecular weight is 466 g/mol. The molecule has 2 aromatic rings. The van der Waals surface area contributed by atoms with Gasteiger partial charge in [-0.25, -0.2) is 0 Å². The Morgan fingerprint density at radius 1 is 0.912 bits per heavy atom. The molecule has 182 valence electrons. The van der Waals surface area contributed by atoms with Crippen LogP contribution in [0.15, 0.2) is 48.5 Å². The van der Waals surface area contributed by atoms with Crippen molar-refractivity contribution in [3.05, 3.63) is 64.2 Å². The van der Waals surface area contributed by atoms with E-state index in [1.807, 2.05) is 24.3 Å². The van der Waals surface area contributed by atoms with Crippen molar-refractivity contribution in [2.45, 2.75) is 63.2 Å². The summed E-state index contributed by atoms with van der Waals surface area (Å²) in [6, 6.07) is 14.0. The van der Waals surface area contributed by atoms with Gasteiger partial charge in [0.15, 0.2) is 0 Å². The number of likely N-dealkylation sites (tertiary alicyclic amines) is 1. The van der Waals surface area contributed by atoms with Gasteiger partial charge < -0.3 is 10.1 Å². The van der Waals surface area contributed by atoms with Gasteiger partial charge in [0.2, 0.25) is 5.91 Å². The molecule has 1 saturated heterocycles. The predicted octanol–water partition coefficient (Wildman–Crippen LogP) is 5.69. The molecule has 7 nitrogen and oxygen atoms in total. The number of hydrogen-bond donors (Lipinski definition) is 1. The number of anilines is 1. The summed E-state index contributed by atoms with van der Waals surface area (Å²) in [4.78, 5) is 26.6. The first-order chi connectivity index (χ1) is 16.6. The minimum absolute atomic E-state index is 0.0431. The molecule has 1 saturated carbocycles. The van der Waals surface area contributed by atoms with E-state index in [4.69, 9.17) is 4.74 Å². The van der Waals surface area contributed by atoms with Gasteiger partial charge in [0.05, 0.1) is 10.3 Å². The molecule has 0 unspecified atom stereocenters. The number of ether oxygens (including phenoxy) is 1. The van der Waals surface area contributed by atoms with Crippen LogP contribution in [0.5, 0.6) is 5.75 Å². The molecule has 1 amide bonds. The number of nitrogens with one attached hydrogen (secondary N) is 1. The second kappa shape index (κ2) is 11.5. The Hall–Kier alpha value is -2.93. The van der Waals surface area contributed by atoms with Crippen LogP contribution >= 0.6 is 0 Å². The predicted molar refractivity (Wildman–Crippen MR) is 133 cm³/mol. The molecular formula is C27H35N3O4. The Bertz CT molecular complexity index is 945. The Morgan fingerprint density at radius 2 is 1.53 bits per heavy atom. The van der Waals surface area contributed by atoms with Gasteiger partial charge in [-0.15, -0.1) is 0 Å². The van der Waals surface area contributed by atoms with Crippen LogP contribution in [0.25, 0.3) is 0 Å². The molecule has 0 atom stereocenters. The fourth-order valence-corrected chi connectivity index (χ4v) is 5.24. The number of nitro benzene ring substituents is 1. The highest BCUT2D eigenvalue weighted by Gasteiger charge is 2.41. The lowest BCUT2D eigenvalue weighted by Crippen LogP contribution is -2.42. The standard InChI is InChI=1S/C27H35N3O4/c31-26(27(16-4-3-5-17-27)22-8-12-24(13-9-22)30(32)33)28-23-10-14-25(15-11-23)34-21-20-29-18-6-1-2-7-19-29/h8-15H,1-7,16-21H2,(H,28,31). The smallest absolute Gasteiger partial charge is 0.269 e. The first-order valence-electron chi connectivity index (χ1n) is 12.6. The van der Waals surface area contributed by atoms with Crippen LogP contribution < -0.4 is 10.1 Å². The van der Waals surface area contributed by atoms with Gasteiger partial charge in [-0.1, -0.05) is 44.2 Å². The van der Waals surface area contributed by atoms with E-state index in [0.29, 0.717) is 6.61 Å². The molecule has 34 heavy (non-hydrogen) atoms. The van der Waals surface area contributed by atoms with E-state index in [-0.39, 0.29) is 11.6 Å². The number of benzene rings is 2. The molecule has 0 radical (unpaired) electrons. The van der Waals surface area contributed by atoms with Gasteiger partial charge in [-0.2, -0.15) is 0 Å². The molecule has 2 aromatic carbocycles. The summed E-state index contributed by atoms with van der Waals surface area (Å²) in [5.74, 6) is 0.756. The van der Waals surface area contributed by atoms with Gasteiger partial charge in [-0.3, -0.25) is 19.8 Å². The zero-order valence-electron chi connectivity index (χ0n) is 19.8. The molecule has 7 heteroatoms. The van der Waals surface area contributed by atoms with Gasteiger partial charge in [-0.05, 0) is 68.6 Å². The van der Waals surface area contributed by atoms with Gasteiger partial charge in [0.1, 0.15) is 12.4 Å². The molecule has 4 rings (SSSR count). The Kier molecular flexibility index (Phi) is 8.16. The van der Waals surface area contributed by atoms with Crippen LogP contribution in [0.4, 0.5) is 11.4 Å². The number of nitrogens with zero attached hydrogens (tertiary/aromatic N) is 2. The summed E-state index contributed by atoms with van der Waals surface area (Å²) in [5.41, 5.74) is 0.970. The number of non-ortho nitro benzene ring substituents is 1. The molecule has 0 spiro atoms. The van der Waals surface area contributed by atoms with Crippen LogP contribution in [-0.2, 0) is 10.2 Å². The highest BCUT2D eigenvalue weighted by Crippen LogP contribution is 2.41. The molecule has 1 aliphatic heterocycles. The molecule has 1 N–H and O–H groups in total. The van der Waals surface area contributed by atoms with Crippen LogP contribution in [0.1, 0.15) is 63.4 Å². The third-order valence-electron chi connectivity index (χ3n) is 7.26. The zero-order chi connectivity index (χ0) is 23.8. The summed E-state index contributed by atoms with van der Waals surface area (Å²) in [6.07, 6.45) is 9.73. The van der Waals surface area contributed by atoms with E-state index in [1.54, 1.807) is 12.1 Å². The fraction of sp³-hybridized carbons (Fsp3) is 0.519. The second-order valence-corrected chi connectivity index (χ2v) is 9.53. The quantitative estimate of drug-likeness (QED) is 0.400. The lowest BCUT2D eigenvalue weighted by Gasteiger charge is -2.36. The summed E-state index contributed by atoms with van der Waals surface area (Å²) in [5, 5.41) is 14.1. The monoisotopic (exact) mass is 465 g/mol. The van der Waals surface area contributed by atoms with E-state index >= 15 is 0 Å². The fourth-order valence-electron chi connectivity index (χ4n) is 5.24. The maximum Gasteiger partial charge on any atom is 0.269 e. The summed E-state index contributed by atoms with van der Waals surface area (Å²) in [7, 11) is 0. The molecule has 2 fully saturated rings. The van der Waals surface area contributed by atoms with Gasteiger partial charge in [0.25, 0.3) is 5.69 Å². The van der Waals surface area contributed by atoms with Crippen molar-refractivity contribution in [2.24, 2.45) is 0 Å². The van der Waals surface area contributed by atoms with Gasteiger partial charge >= 0.3 is 0 Å². The van der Waals surface area contributed by atoms with E-state index in [9.17, 15) is 14.9 Å². The first kappa shape index (κ1) is 24.2. The summed E-state index contributed by atoms with van der Waals surface area (Å²) < 4.78 is 5.94. The molecule has 0 aromatic heterocycles. The number of nitro groups is 1. The van der Waals surface area contributed by atoms with E-state index in [2.05, 4.69) is 10.2 Å². The molecule has 2 aliphatic rings. The van der Waals surface area contributed by atoms with Gasteiger partial charge in [0, 0.05) is 24.4 Å². The minimum Gasteiger partial charge on any atom is -0.492 e. The largest absolute Gasteiger partial charge is 0.492 e. The lowest BCUT2D eigenvalue weighted by molar-refractivity contribution is -0.384. The van der Waals surface area contributed by atoms with E-state index in [0.717, 1.165) is 68.7 Å². The minimum atomic E-state index is -0.657. The molecule has 1 heterocycles. The van der Waals surface area contributed by atoms with Crippen molar-refractivity contribution in [1.29, 1.82) is 0 Å². The number of carbonyl (C=O) groups excluding carboxylic acids is 1. The molecule has 0 bridgehead atoms. The molecule has 1 aliphatic carbocycles. The average Bonchev–Trinajstić information content (AvgIpc) is 3.14. The highest BCUT2D eigenvalue weighted by molar-refractivity contribution is 5.99. The number of amides is 1. The van der Waals surface area contributed by atoms with Crippen molar-refractivity contribution in [3.63, 3.8) is 0 Å². The van der Waals surface area contributed by atoms with Crippen molar-refractivity contribution in [1.82, 2.24) is 4.90 Å². The Balaban J connectivity index is 1.37. The highest BCUT2D eigenvalue weighted by atomic mass is 16.6. The maximum absolute atomic E-state index is 13.5.